The van der Waals surface area contributed by atoms with Crippen LogP contribution in [0.1, 0.15) is 26.3 Å². The number of carbonyl (C=O) groups excluding carboxylic acids is 2. The summed E-state index contributed by atoms with van der Waals surface area (Å²) in [5.74, 6) is 0.331. The van der Waals surface area contributed by atoms with E-state index in [1.807, 2.05) is 42.5 Å². The number of carbonyl (C=O) groups is 2. The van der Waals surface area contributed by atoms with E-state index in [0.29, 0.717) is 33.7 Å². The molecule has 46 heavy (non-hydrogen) atoms. The van der Waals surface area contributed by atoms with Gasteiger partial charge in [0.05, 0.1) is 32.9 Å². The number of ether oxygens (including phenoxy) is 1. The molecule has 2 heterocycles. The Morgan fingerprint density at radius 3 is 2.20 bits per heavy atom. The maximum absolute atomic E-state index is 13.2. The molecular weight excluding hydrogens is 617 g/mol. The normalized spacial score (nSPS) is 12.8. The minimum atomic E-state index is -4.62. The van der Waals surface area contributed by atoms with Crippen LogP contribution < -0.4 is 15.0 Å². The van der Waals surface area contributed by atoms with Gasteiger partial charge in [-0.1, -0.05) is 41.9 Å². The van der Waals surface area contributed by atoms with Crippen LogP contribution in [-0.4, -0.2) is 21.8 Å². The molecule has 0 radical (unpaired) electrons. The summed E-state index contributed by atoms with van der Waals surface area (Å²) in [5.41, 5.74) is 1.14. The Morgan fingerprint density at radius 2 is 1.41 bits per heavy atom. The van der Waals surface area contributed by atoms with Crippen LogP contribution in [0.2, 0.25) is 5.02 Å². The van der Waals surface area contributed by atoms with Crippen molar-refractivity contribution in [2.24, 2.45) is 0 Å². The smallest absolute Gasteiger partial charge is 0.416 e. The number of hydrogen-bond donors (Lipinski definition) is 1. The molecule has 1 aliphatic rings. The lowest BCUT2D eigenvalue weighted by molar-refractivity contribution is -0.137. The number of amides is 2. The van der Waals surface area contributed by atoms with Gasteiger partial charge in [-0.25, -0.2) is 14.9 Å². The van der Waals surface area contributed by atoms with Gasteiger partial charge in [-0.15, -0.1) is 0 Å². The summed E-state index contributed by atoms with van der Waals surface area (Å²) in [6.45, 7) is 0. The molecule has 5 aromatic carbocycles. The Balaban J connectivity index is 1.11. The van der Waals surface area contributed by atoms with E-state index in [9.17, 15) is 22.8 Å². The number of rotatable bonds is 6. The summed E-state index contributed by atoms with van der Waals surface area (Å²) < 4.78 is 45.7. The molecule has 0 fully saturated rings. The molecule has 7 nitrogen and oxygen atoms in total. The quantitative estimate of drug-likeness (QED) is 0.183. The highest BCUT2D eigenvalue weighted by molar-refractivity contribution is 6.34. The van der Waals surface area contributed by atoms with Crippen LogP contribution in [0.5, 0.6) is 11.5 Å². The predicted octanol–water partition coefficient (Wildman–Crippen LogP) is 9.31. The third kappa shape index (κ3) is 5.39. The standard InChI is InChI=1S/C35H20ClF3N4O3/c36-29-10-3-1-8-26(29)31-41-30-11-4-2-9-27(30)32(42-31)40-21-12-14-23(15-13-21)46-24-16-17-25-28(19-24)34(45)43(33(25)44)22-7-5-6-20(18-22)35(37,38)39/h1-19H,(H,40,41,42). The molecule has 0 atom stereocenters. The third-order valence-electron chi connectivity index (χ3n) is 7.36. The zero-order valence-electron chi connectivity index (χ0n) is 23.5. The minimum Gasteiger partial charge on any atom is -0.457 e. The molecule has 0 aliphatic carbocycles. The van der Waals surface area contributed by atoms with Gasteiger partial charge in [-0.2, -0.15) is 13.2 Å². The molecule has 0 bridgehead atoms. The number of alkyl halides is 3. The number of imide groups is 1. The van der Waals surface area contributed by atoms with E-state index in [0.717, 1.165) is 34.0 Å². The van der Waals surface area contributed by atoms with E-state index in [2.05, 4.69) is 5.32 Å². The lowest BCUT2D eigenvalue weighted by atomic mass is 10.1. The van der Waals surface area contributed by atoms with E-state index in [1.165, 1.54) is 24.3 Å². The van der Waals surface area contributed by atoms with E-state index in [-0.39, 0.29) is 22.6 Å². The number of nitrogens with one attached hydrogen (secondary N) is 1. The molecule has 11 heteroatoms. The van der Waals surface area contributed by atoms with Crippen LogP contribution in [0.3, 0.4) is 0 Å². The van der Waals surface area contributed by atoms with Crippen molar-refractivity contribution < 1.29 is 27.5 Å². The number of benzene rings is 5. The van der Waals surface area contributed by atoms with Crippen LogP contribution >= 0.6 is 11.6 Å². The largest absolute Gasteiger partial charge is 0.457 e. The molecule has 0 unspecified atom stereocenters. The van der Waals surface area contributed by atoms with Crippen molar-refractivity contribution in [1.29, 1.82) is 0 Å². The fraction of sp³-hybridized carbons (Fsp3) is 0.0286. The first-order chi connectivity index (χ1) is 22.2. The second kappa shape index (κ2) is 11.3. The zero-order chi connectivity index (χ0) is 32.0. The zero-order valence-corrected chi connectivity index (χ0v) is 24.3. The first-order valence-corrected chi connectivity index (χ1v) is 14.3. The number of halogens is 4. The highest BCUT2D eigenvalue weighted by Crippen LogP contribution is 2.36. The van der Waals surface area contributed by atoms with Gasteiger partial charge < -0.3 is 10.1 Å². The summed E-state index contributed by atoms with van der Waals surface area (Å²) >= 11 is 6.42. The number of hydrogen-bond acceptors (Lipinski definition) is 6. The molecule has 6 aromatic rings. The van der Waals surface area contributed by atoms with Crippen molar-refractivity contribution >= 4 is 51.5 Å². The summed E-state index contributed by atoms with van der Waals surface area (Å²) in [4.78, 5) is 36.3. The molecule has 1 aromatic heterocycles. The van der Waals surface area contributed by atoms with Crippen molar-refractivity contribution in [3.8, 4) is 22.9 Å². The van der Waals surface area contributed by atoms with Crippen molar-refractivity contribution in [1.82, 2.24) is 9.97 Å². The van der Waals surface area contributed by atoms with Crippen LogP contribution in [0.25, 0.3) is 22.3 Å². The molecule has 0 saturated heterocycles. The summed E-state index contributed by atoms with van der Waals surface area (Å²) in [5, 5.41) is 4.69. The molecule has 1 aliphatic heterocycles. The third-order valence-corrected chi connectivity index (χ3v) is 7.69. The number of para-hydroxylation sites is 1. The van der Waals surface area contributed by atoms with E-state index < -0.39 is 23.6 Å². The molecule has 1 N–H and O–H groups in total. The lowest BCUT2D eigenvalue weighted by Crippen LogP contribution is -2.29. The topological polar surface area (TPSA) is 84.4 Å². The van der Waals surface area contributed by atoms with Crippen LogP contribution in [0.4, 0.5) is 30.4 Å². The molecule has 0 spiro atoms. The van der Waals surface area contributed by atoms with Gasteiger partial charge in [0, 0.05) is 16.6 Å². The Bertz CT molecular complexity index is 2170. The molecule has 0 saturated carbocycles. The van der Waals surface area contributed by atoms with E-state index in [1.54, 1.807) is 30.3 Å². The Hall–Kier alpha value is -5.74. The number of aromatic nitrogens is 2. The van der Waals surface area contributed by atoms with Gasteiger partial charge in [0.2, 0.25) is 0 Å². The summed E-state index contributed by atoms with van der Waals surface area (Å²) in [7, 11) is 0. The minimum absolute atomic E-state index is 0.0307. The van der Waals surface area contributed by atoms with Crippen molar-refractivity contribution in [3.05, 3.63) is 137 Å². The molecule has 7 rings (SSSR count). The van der Waals surface area contributed by atoms with Crippen molar-refractivity contribution in [2.45, 2.75) is 6.18 Å². The first-order valence-electron chi connectivity index (χ1n) is 13.9. The Kier molecular flexibility index (Phi) is 7.13. The fourth-order valence-electron chi connectivity index (χ4n) is 5.15. The van der Waals surface area contributed by atoms with Crippen LogP contribution in [-0.2, 0) is 6.18 Å². The average Bonchev–Trinajstić information content (AvgIpc) is 3.30. The fourth-order valence-corrected chi connectivity index (χ4v) is 5.37. The maximum Gasteiger partial charge on any atom is 0.416 e. The Morgan fingerprint density at radius 1 is 0.696 bits per heavy atom. The van der Waals surface area contributed by atoms with E-state index in [4.69, 9.17) is 26.3 Å². The van der Waals surface area contributed by atoms with Gasteiger partial charge in [0.15, 0.2) is 5.82 Å². The average molecular weight is 637 g/mol. The van der Waals surface area contributed by atoms with Crippen molar-refractivity contribution in [2.75, 3.05) is 10.2 Å². The highest BCUT2D eigenvalue weighted by atomic mass is 35.5. The van der Waals surface area contributed by atoms with Crippen LogP contribution in [0, 0.1) is 0 Å². The van der Waals surface area contributed by atoms with Gasteiger partial charge in [-0.05, 0) is 84.9 Å². The molecule has 226 valence electrons. The highest BCUT2D eigenvalue weighted by Gasteiger charge is 2.38. The second-order valence-corrected chi connectivity index (χ2v) is 10.8. The number of anilines is 3. The molecular formula is C35H20ClF3N4O3. The van der Waals surface area contributed by atoms with Gasteiger partial charge in [0.25, 0.3) is 11.8 Å². The van der Waals surface area contributed by atoms with E-state index >= 15 is 0 Å². The van der Waals surface area contributed by atoms with Gasteiger partial charge in [-0.3, -0.25) is 9.59 Å². The van der Waals surface area contributed by atoms with Gasteiger partial charge >= 0.3 is 6.18 Å². The summed E-state index contributed by atoms with van der Waals surface area (Å²) in [6.07, 6.45) is -4.62. The molecule has 2 amide bonds. The SMILES string of the molecule is O=C1c2ccc(Oc3ccc(Nc4nc(-c5ccccc5Cl)nc5ccccc45)cc3)cc2C(=O)N1c1cccc(C(F)(F)F)c1. The lowest BCUT2D eigenvalue weighted by Gasteiger charge is -2.16. The number of nitrogens with zero attached hydrogens (tertiary/aromatic N) is 3. The van der Waals surface area contributed by atoms with Gasteiger partial charge in [0.1, 0.15) is 17.3 Å². The van der Waals surface area contributed by atoms with Crippen molar-refractivity contribution in [3.63, 3.8) is 0 Å². The summed E-state index contributed by atoms with van der Waals surface area (Å²) in [6, 6.07) is 30.4. The predicted molar refractivity (Wildman–Crippen MR) is 169 cm³/mol. The van der Waals surface area contributed by atoms with Crippen LogP contribution in [0.15, 0.2) is 115 Å². The monoisotopic (exact) mass is 636 g/mol. The maximum atomic E-state index is 13.2. The Labute approximate surface area is 264 Å². The number of fused-ring (bicyclic) bond motifs is 2. The second-order valence-electron chi connectivity index (χ2n) is 10.3. The first kappa shape index (κ1) is 29.0.